The van der Waals surface area contributed by atoms with Crippen molar-refractivity contribution < 1.29 is 4.79 Å². The summed E-state index contributed by atoms with van der Waals surface area (Å²) < 4.78 is 0. The van der Waals surface area contributed by atoms with Crippen molar-refractivity contribution in [1.82, 2.24) is 31.0 Å². The highest BCUT2D eigenvalue weighted by Gasteiger charge is 2.42. The predicted octanol–water partition coefficient (Wildman–Crippen LogP) is 1.21. The molecule has 2 saturated heterocycles. The molecule has 3 N–H and O–H groups in total. The number of carbonyl (C=O) groups is 1. The van der Waals surface area contributed by atoms with Gasteiger partial charge < -0.3 is 10.2 Å². The quantitative estimate of drug-likeness (QED) is 0.726. The van der Waals surface area contributed by atoms with Crippen LogP contribution in [0.2, 0.25) is 0 Å². The van der Waals surface area contributed by atoms with Gasteiger partial charge in [0.15, 0.2) is 0 Å². The van der Waals surface area contributed by atoms with Gasteiger partial charge in [-0.25, -0.2) is 15.4 Å². The van der Waals surface area contributed by atoms with Crippen molar-refractivity contribution in [3.63, 3.8) is 0 Å². The predicted molar refractivity (Wildman–Crippen MR) is 102 cm³/mol. The normalized spacial score (nSPS) is 33.4. The number of nitrogens with zero attached hydrogens (tertiary/aromatic N) is 3. The van der Waals surface area contributed by atoms with Crippen LogP contribution in [-0.4, -0.2) is 45.9 Å². The molecule has 1 saturated carbocycles. The zero-order valence-electron chi connectivity index (χ0n) is 15.9. The Balaban J connectivity index is 1.28. The van der Waals surface area contributed by atoms with Crippen molar-refractivity contribution in [2.24, 2.45) is 5.92 Å². The van der Waals surface area contributed by atoms with Crippen molar-refractivity contribution in [3.05, 3.63) is 23.3 Å². The first kappa shape index (κ1) is 17.5. The maximum Gasteiger partial charge on any atom is 0.241 e. The van der Waals surface area contributed by atoms with Crippen LogP contribution in [-0.2, 0) is 17.8 Å². The van der Waals surface area contributed by atoms with E-state index >= 15 is 0 Å². The third-order valence-corrected chi connectivity index (χ3v) is 6.82. The van der Waals surface area contributed by atoms with E-state index in [0.717, 1.165) is 49.4 Å². The van der Waals surface area contributed by atoms with Gasteiger partial charge in [-0.05, 0) is 32.2 Å². The van der Waals surface area contributed by atoms with Crippen LogP contribution in [0.3, 0.4) is 0 Å². The minimum Gasteiger partial charge on any atom is -0.336 e. The summed E-state index contributed by atoms with van der Waals surface area (Å²) in [5.41, 5.74) is 8.95. The topological polar surface area (TPSA) is 82.2 Å². The fourth-order valence-corrected chi connectivity index (χ4v) is 5.25. The Hall–Kier alpha value is -1.57. The molecule has 4 aliphatic rings. The number of hydrazine groups is 1. The molecule has 0 aromatic carbocycles. The maximum atomic E-state index is 13.2. The number of carbonyl (C=O) groups excluding carboxylic acids is 1. The van der Waals surface area contributed by atoms with Crippen molar-refractivity contribution in [2.75, 3.05) is 13.1 Å². The number of rotatable bonds is 2. The number of nitrogens with one attached hydrogen (secondary N) is 3. The van der Waals surface area contributed by atoms with Gasteiger partial charge in [-0.3, -0.25) is 10.2 Å². The third kappa shape index (κ3) is 3.37. The monoisotopic (exact) mass is 370 g/mol. The highest BCUT2D eigenvalue weighted by atomic mass is 16.2. The molecule has 27 heavy (non-hydrogen) atoms. The molecule has 7 nitrogen and oxygen atoms in total. The van der Waals surface area contributed by atoms with E-state index in [1.54, 1.807) is 0 Å². The summed E-state index contributed by atoms with van der Waals surface area (Å²) in [5.74, 6) is 1.59. The molecular formula is C20H30N6O. The summed E-state index contributed by atoms with van der Waals surface area (Å²) in [6, 6.07) is 0.664. The first-order valence-corrected chi connectivity index (χ1v) is 10.7. The van der Waals surface area contributed by atoms with Gasteiger partial charge in [-0.2, -0.15) is 0 Å². The van der Waals surface area contributed by atoms with E-state index in [0.29, 0.717) is 24.5 Å². The Morgan fingerprint density at radius 3 is 2.93 bits per heavy atom. The van der Waals surface area contributed by atoms with Gasteiger partial charge in [-0.15, -0.1) is 0 Å². The van der Waals surface area contributed by atoms with Crippen LogP contribution in [0, 0.1) is 5.92 Å². The largest absolute Gasteiger partial charge is 0.336 e. The second-order valence-corrected chi connectivity index (χ2v) is 8.53. The van der Waals surface area contributed by atoms with E-state index < -0.39 is 0 Å². The minimum atomic E-state index is -0.0856. The van der Waals surface area contributed by atoms with E-state index in [1.807, 2.05) is 11.1 Å². The third-order valence-electron chi connectivity index (χ3n) is 6.82. The maximum absolute atomic E-state index is 13.2. The molecule has 0 bridgehead atoms. The average Bonchev–Trinajstić information content (AvgIpc) is 3.32. The Kier molecular flexibility index (Phi) is 4.83. The minimum absolute atomic E-state index is 0.0856. The Morgan fingerprint density at radius 2 is 2.04 bits per heavy atom. The molecule has 1 aliphatic carbocycles. The Bertz CT molecular complexity index is 704. The molecule has 4 atom stereocenters. The molecule has 7 heteroatoms. The first-order chi connectivity index (χ1) is 13.3. The van der Waals surface area contributed by atoms with Crippen molar-refractivity contribution in [2.45, 2.75) is 76.0 Å². The zero-order valence-corrected chi connectivity index (χ0v) is 15.9. The molecule has 0 spiro atoms. The van der Waals surface area contributed by atoms with Gasteiger partial charge in [0.25, 0.3) is 0 Å². The van der Waals surface area contributed by atoms with Crippen LogP contribution in [0.4, 0.5) is 0 Å². The first-order valence-electron chi connectivity index (χ1n) is 10.7. The number of fused-ring (bicyclic) bond motifs is 2. The van der Waals surface area contributed by atoms with Gasteiger partial charge >= 0.3 is 0 Å². The lowest BCUT2D eigenvalue weighted by Crippen LogP contribution is -2.49. The van der Waals surface area contributed by atoms with Crippen molar-refractivity contribution in [1.29, 1.82) is 0 Å². The molecule has 1 aromatic heterocycles. The number of amides is 1. The molecule has 1 aromatic rings. The zero-order chi connectivity index (χ0) is 18.2. The van der Waals surface area contributed by atoms with Crippen LogP contribution >= 0.6 is 0 Å². The van der Waals surface area contributed by atoms with E-state index in [2.05, 4.69) is 21.2 Å². The van der Waals surface area contributed by atoms with Gasteiger partial charge in [0.05, 0.1) is 11.7 Å². The van der Waals surface area contributed by atoms with Gasteiger partial charge in [-0.1, -0.05) is 19.3 Å². The number of hydrogen-bond donors (Lipinski definition) is 3. The highest BCUT2D eigenvalue weighted by molar-refractivity contribution is 5.83. The van der Waals surface area contributed by atoms with Crippen LogP contribution in [0.15, 0.2) is 6.20 Å². The van der Waals surface area contributed by atoms with E-state index in [-0.39, 0.29) is 11.9 Å². The number of aromatic nitrogens is 2. The lowest BCUT2D eigenvalue weighted by atomic mass is 9.89. The molecule has 3 fully saturated rings. The molecule has 4 unspecified atom stereocenters. The van der Waals surface area contributed by atoms with E-state index in [1.165, 1.54) is 32.1 Å². The fourth-order valence-electron chi connectivity index (χ4n) is 5.25. The van der Waals surface area contributed by atoms with Crippen LogP contribution < -0.4 is 16.2 Å². The molecule has 0 radical (unpaired) electrons. The van der Waals surface area contributed by atoms with Crippen LogP contribution in [0.25, 0.3) is 0 Å². The average molecular weight is 371 g/mol. The van der Waals surface area contributed by atoms with Crippen molar-refractivity contribution in [3.8, 4) is 0 Å². The molecular weight excluding hydrogens is 340 g/mol. The SMILES string of the molecule is O=C(C1NNC2CCCCCC21)N1CCc2nc(C3CCCN3)ncc2C1. The smallest absolute Gasteiger partial charge is 0.241 e. The van der Waals surface area contributed by atoms with Gasteiger partial charge in [0.1, 0.15) is 11.9 Å². The summed E-state index contributed by atoms with van der Waals surface area (Å²) in [4.78, 5) is 24.7. The second-order valence-electron chi connectivity index (χ2n) is 8.53. The number of hydrogen-bond acceptors (Lipinski definition) is 6. The van der Waals surface area contributed by atoms with Crippen LogP contribution in [0.1, 0.15) is 68.1 Å². The lowest BCUT2D eigenvalue weighted by Gasteiger charge is -2.32. The molecule has 1 amide bonds. The summed E-state index contributed by atoms with van der Waals surface area (Å²) >= 11 is 0. The molecule has 3 aliphatic heterocycles. The molecule has 5 rings (SSSR count). The van der Waals surface area contributed by atoms with Crippen LogP contribution in [0.5, 0.6) is 0 Å². The molecule has 146 valence electrons. The summed E-state index contributed by atoms with van der Waals surface area (Å²) in [6.07, 6.45) is 11.2. The summed E-state index contributed by atoms with van der Waals surface area (Å²) in [5, 5.41) is 3.47. The van der Waals surface area contributed by atoms with E-state index in [9.17, 15) is 4.79 Å². The standard InChI is InChI=1S/C20H30N6O/c27-20(18-14-5-2-1-3-6-16(14)24-25-18)26-10-8-15-13(12-26)11-22-19(23-15)17-7-4-9-21-17/h11,14,16-18,21,24-25H,1-10,12H2. The Labute approximate surface area is 160 Å². The fraction of sp³-hybridized carbons (Fsp3) is 0.750. The highest BCUT2D eigenvalue weighted by Crippen LogP contribution is 2.31. The Morgan fingerprint density at radius 1 is 1.11 bits per heavy atom. The second kappa shape index (κ2) is 7.45. The van der Waals surface area contributed by atoms with E-state index in [4.69, 9.17) is 4.98 Å². The summed E-state index contributed by atoms with van der Waals surface area (Å²) in [6.45, 7) is 2.45. The van der Waals surface area contributed by atoms with Crippen molar-refractivity contribution >= 4 is 5.91 Å². The van der Waals surface area contributed by atoms with Gasteiger partial charge in [0, 0.05) is 43.2 Å². The molecule has 4 heterocycles. The summed E-state index contributed by atoms with van der Waals surface area (Å²) in [7, 11) is 0. The van der Waals surface area contributed by atoms with Gasteiger partial charge in [0.2, 0.25) is 5.91 Å². The lowest BCUT2D eigenvalue weighted by molar-refractivity contribution is -0.135.